The van der Waals surface area contributed by atoms with Crippen molar-refractivity contribution in [1.82, 2.24) is 5.32 Å². The van der Waals surface area contributed by atoms with E-state index >= 15 is 0 Å². The lowest BCUT2D eigenvalue weighted by Crippen LogP contribution is -2.44. The van der Waals surface area contributed by atoms with Crippen LogP contribution in [0.4, 0.5) is 5.69 Å². The second-order valence-corrected chi connectivity index (χ2v) is 10.1. The molecule has 12 heteroatoms. The fourth-order valence-electron chi connectivity index (χ4n) is 3.77. The molecule has 1 aliphatic heterocycles. The second kappa shape index (κ2) is 12.6. The molecule has 3 rings (SSSR count). The number of hydrogen-bond acceptors (Lipinski definition) is 7. The zero-order valence-electron chi connectivity index (χ0n) is 20.0. The highest BCUT2D eigenvalue weighted by Gasteiger charge is 2.44. The van der Waals surface area contributed by atoms with Crippen molar-refractivity contribution in [2.45, 2.75) is 19.8 Å². The molecule has 0 radical (unpaired) electrons. The van der Waals surface area contributed by atoms with E-state index in [4.69, 9.17) is 44.3 Å². The van der Waals surface area contributed by atoms with Crippen LogP contribution >= 0.6 is 46.6 Å². The van der Waals surface area contributed by atoms with E-state index < -0.39 is 23.7 Å². The molecule has 2 aromatic rings. The Balaban J connectivity index is 1.97. The number of carbonyl (C=O) groups excluding carboxylic acids is 3. The predicted octanol–water partition coefficient (Wildman–Crippen LogP) is 5.46. The predicted molar refractivity (Wildman–Crippen MR) is 144 cm³/mol. The molecule has 37 heavy (non-hydrogen) atoms. The molecule has 0 fully saturated rings. The van der Waals surface area contributed by atoms with Gasteiger partial charge in [-0.1, -0.05) is 52.6 Å². The third-order valence-corrected chi connectivity index (χ3v) is 7.29. The molecule has 194 valence electrons. The van der Waals surface area contributed by atoms with Crippen molar-refractivity contribution in [3.05, 3.63) is 67.1 Å². The van der Waals surface area contributed by atoms with E-state index in [0.29, 0.717) is 22.9 Å². The first-order valence-electron chi connectivity index (χ1n) is 10.9. The van der Waals surface area contributed by atoms with E-state index in [0.717, 1.165) is 24.4 Å². The summed E-state index contributed by atoms with van der Waals surface area (Å²) in [5.41, 5.74) is 1.76. The van der Waals surface area contributed by atoms with Crippen molar-refractivity contribution >= 4 is 70.0 Å². The van der Waals surface area contributed by atoms with Gasteiger partial charge in [0.05, 0.1) is 46.2 Å². The van der Waals surface area contributed by atoms with Crippen LogP contribution in [0, 0.1) is 24.2 Å². The zero-order chi connectivity index (χ0) is 27.3. The number of ether oxygens (including phenoxy) is 2. The topological polar surface area (TPSA) is 118 Å². The smallest absolute Gasteiger partial charge is 0.319 e. The first-order chi connectivity index (χ1) is 17.6. The van der Waals surface area contributed by atoms with Gasteiger partial charge in [-0.15, -0.1) is 0 Å². The van der Waals surface area contributed by atoms with Crippen molar-refractivity contribution in [3.63, 3.8) is 0 Å². The highest BCUT2D eigenvalue weighted by atomic mass is 35.5. The fraction of sp³-hybridized carbons (Fsp3) is 0.280. The molecule has 0 aromatic heterocycles. The Morgan fingerprint density at radius 1 is 1.19 bits per heavy atom. The molecule has 2 N–H and O–H groups in total. The minimum absolute atomic E-state index is 0.0584. The number of nitrogens with zero attached hydrogens (tertiary/aromatic N) is 1. The number of thioether (sulfide) groups is 1. The molecule has 0 unspecified atom stereocenters. The number of methoxy groups -OCH3 is 1. The Morgan fingerprint density at radius 3 is 2.46 bits per heavy atom. The van der Waals surface area contributed by atoms with Gasteiger partial charge in [0.25, 0.3) is 0 Å². The summed E-state index contributed by atoms with van der Waals surface area (Å²) in [5, 5.41) is 16.3. The van der Waals surface area contributed by atoms with Crippen LogP contribution in [0.15, 0.2) is 40.9 Å². The Hall–Kier alpha value is -2.90. The van der Waals surface area contributed by atoms with Crippen molar-refractivity contribution in [1.29, 1.82) is 5.26 Å². The average molecular weight is 583 g/mol. The van der Waals surface area contributed by atoms with Crippen molar-refractivity contribution in [2.24, 2.45) is 5.92 Å². The van der Waals surface area contributed by atoms with E-state index in [2.05, 4.69) is 16.7 Å². The Kier molecular flexibility index (Phi) is 9.74. The number of esters is 1. The number of aryl methyl sites for hydroxylation is 1. The lowest BCUT2D eigenvalue weighted by atomic mass is 9.78. The third-order valence-electron chi connectivity index (χ3n) is 5.47. The summed E-state index contributed by atoms with van der Waals surface area (Å²) >= 11 is 19.7. The van der Waals surface area contributed by atoms with Crippen LogP contribution in [0.5, 0.6) is 5.75 Å². The highest BCUT2D eigenvalue weighted by Crippen LogP contribution is 2.44. The average Bonchev–Trinajstić information content (AvgIpc) is 2.86. The summed E-state index contributed by atoms with van der Waals surface area (Å²) in [5.74, 6) is -4.23. The van der Waals surface area contributed by atoms with Crippen LogP contribution in [-0.2, 0) is 19.1 Å². The van der Waals surface area contributed by atoms with Gasteiger partial charge in [-0.25, -0.2) is 0 Å². The number of anilines is 1. The van der Waals surface area contributed by atoms with E-state index in [1.165, 1.54) is 12.1 Å². The maximum Gasteiger partial charge on any atom is 0.319 e. The molecule has 0 saturated heterocycles. The zero-order valence-corrected chi connectivity index (χ0v) is 23.1. The molecular formula is C25H22Cl3N3O5S. The summed E-state index contributed by atoms with van der Waals surface area (Å²) in [7, 11) is 1.15. The number of allylic oxidation sites excluding steroid dienone is 1. The van der Waals surface area contributed by atoms with Gasteiger partial charge in [0.1, 0.15) is 5.92 Å². The van der Waals surface area contributed by atoms with Crippen molar-refractivity contribution in [3.8, 4) is 11.8 Å². The first-order valence-corrected chi connectivity index (χ1v) is 13.1. The number of halogens is 3. The van der Waals surface area contributed by atoms with Gasteiger partial charge in [0, 0.05) is 16.6 Å². The second-order valence-electron chi connectivity index (χ2n) is 7.87. The summed E-state index contributed by atoms with van der Waals surface area (Å²) in [6.07, 6.45) is 0. The monoisotopic (exact) mass is 581 g/mol. The largest absolute Gasteiger partial charge is 0.491 e. The van der Waals surface area contributed by atoms with E-state index in [9.17, 15) is 19.6 Å². The van der Waals surface area contributed by atoms with Gasteiger partial charge < -0.3 is 20.1 Å². The Morgan fingerprint density at radius 2 is 1.86 bits per heavy atom. The van der Waals surface area contributed by atoms with Crippen LogP contribution in [0.3, 0.4) is 0 Å². The van der Waals surface area contributed by atoms with Crippen LogP contribution in [0.2, 0.25) is 15.1 Å². The number of amides is 2. The number of hydrogen-bond donors (Lipinski definition) is 2. The SMILES string of the molecule is CCOc1c(Cl)cc([C@H]2C(C#N)=C(SCC(=O)Nc3cc(Cl)ccc3C)NC(=O)[C@H]2C(=O)OC)cc1Cl. The van der Waals surface area contributed by atoms with Crippen molar-refractivity contribution < 1.29 is 23.9 Å². The fourth-order valence-corrected chi connectivity index (χ4v) is 5.41. The minimum Gasteiger partial charge on any atom is -0.491 e. The minimum atomic E-state index is -1.38. The van der Waals surface area contributed by atoms with Gasteiger partial charge in [-0.2, -0.15) is 5.26 Å². The first kappa shape index (κ1) is 28.7. The molecule has 1 aliphatic rings. The number of nitriles is 1. The van der Waals surface area contributed by atoms with Gasteiger partial charge in [0.2, 0.25) is 11.8 Å². The van der Waals surface area contributed by atoms with Gasteiger partial charge in [0.15, 0.2) is 5.75 Å². The van der Waals surface area contributed by atoms with Crippen LogP contribution < -0.4 is 15.4 Å². The van der Waals surface area contributed by atoms with Crippen molar-refractivity contribution in [2.75, 3.05) is 24.8 Å². The highest BCUT2D eigenvalue weighted by molar-refractivity contribution is 8.03. The molecule has 1 heterocycles. The molecule has 2 aromatic carbocycles. The summed E-state index contributed by atoms with van der Waals surface area (Å²) in [6, 6.07) is 10.2. The molecule has 8 nitrogen and oxygen atoms in total. The standard InChI is InChI=1S/C25H22Cl3N3O5S/c1-4-36-22-16(27)7-13(8-17(22)28)20-15(10-29)24(31-23(33)21(20)25(34)35-3)37-11-19(32)30-18-9-14(26)6-5-12(18)2/h5-9,20-21H,4,11H2,1-3H3,(H,30,32)(H,31,33)/t20-,21-/m0/s1. The number of carbonyl (C=O) groups is 3. The Bertz CT molecular complexity index is 1300. The van der Waals surface area contributed by atoms with Gasteiger partial charge in [-0.3, -0.25) is 14.4 Å². The van der Waals surface area contributed by atoms with E-state index in [1.807, 2.05) is 6.92 Å². The van der Waals surface area contributed by atoms with E-state index in [1.54, 1.807) is 25.1 Å². The molecule has 2 atom stereocenters. The quantitative estimate of drug-likeness (QED) is 0.313. The summed E-state index contributed by atoms with van der Waals surface area (Å²) in [4.78, 5) is 38.3. The molecule has 0 bridgehead atoms. The molecular weight excluding hydrogens is 561 g/mol. The number of nitrogens with one attached hydrogen (secondary N) is 2. The summed E-state index contributed by atoms with van der Waals surface area (Å²) < 4.78 is 10.3. The maximum atomic E-state index is 13.0. The molecule has 0 saturated carbocycles. The molecule has 2 amide bonds. The molecule has 0 aliphatic carbocycles. The van der Waals surface area contributed by atoms with Gasteiger partial charge >= 0.3 is 5.97 Å². The number of benzene rings is 2. The van der Waals surface area contributed by atoms with Gasteiger partial charge in [-0.05, 0) is 49.2 Å². The van der Waals surface area contributed by atoms with Crippen LogP contribution in [0.1, 0.15) is 24.0 Å². The lowest BCUT2D eigenvalue weighted by molar-refractivity contribution is -0.150. The van der Waals surface area contributed by atoms with E-state index in [-0.39, 0.29) is 38.1 Å². The maximum absolute atomic E-state index is 13.0. The third kappa shape index (κ3) is 6.51. The lowest BCUT2D eigenvalue weighted by Gasteiger charge is -2.31. The summed E-state index contributed by atoms with van der Waals surface area (Å²) in [6.45, 7) is 3.90. The van der Waals surface area contributed by atoms with Crippen LogP contribution in [-0.4, -0.2) is 37.3 Å². The Labute approximate surface area is 233 Å². The molecule has 0 spiro atoms. The number of rotatable bonds is 8. The van der Waals surface area contributed by atoms with Crippen LogP contribution in [0.25, 0.3) is 0 Å². The normalized spacial score (nSPS) is 17.1.